The van der Waals surface area contributed by atoms with E-state index in [2.05, 4.69) is 17.2 Å². The van der Waals surface area contributed by atoms with Crippen molar-refractivity contribution >= 4 is 21.4 Å². The van der Waals surface area contributed by atoms with Gasteiger partial charge in [-0.15, -0.1) is 6.58 Å². The molecule has 0 heterocycles. The molecule has 0 bridgehead atoms. The van der Waals surface area contributed by atoms with Crippen LogP contribution in [0.1, 0.15) is 6.92 Å². The summed E-state index contributed by atoms with van der Waals surface area (Å²) in [5, 5.41) is 5.44. The van der Waals surface area contributed by atoms with E-state index in [0.717, 1.165) is 0 Å². The molecule has 5 nitrogen and oxygen atoms in total. The molecular formula is C13H18N2O3S. The van der Waals surface area contributed by atoms with E-state index in [0.29, 0.717) is 12.2 Å². The van der Waals surface area contributed by atoms with Crippen LogP contribution in [-0.4, -0.2) is 33.2 Å². The summed E-state index contributed by atoms with van der Waals surface area (Å²) in [6.45, 7) is 5.71. The van der Waals surface area contributed by atoms with Crippen molar-refractivity contribution in [3.05, 3.63) is 36.9 Å². The Kier molecular flexibility index (Phi) is 5.72. The molecular weight excluding hydrogens is 264 g/mol. The fourth-order valence-electron chi connectivity index (χ4n) is 1.48. The van der Waals surface area contributed by atoms with Gasteiger partial charge in [-0.05, 0) is 12.1 Å². The van der Waals surface area contributed by atoms with E-state index in [1.54, 1.807) is 31.2 Å². The van der Waals surface area contributed by atoms with Gasteiger partial charge in [0, 0.05) is 6.54 Å². The van der Waals surface area contributed by atoms with Crippen molar-refractivity contribution in [3.63, 3.8) is 0 Å². The first-order valence-corrected chi connectivity index (χ1v) is 7.59. The monoisotopic (exact) mass is 282 g/mol. The van der Waals surface area contributed by atoms with Crippen LogP contribution in [0.25, 0.3) is 0 Å². The molecule has 0 spiro atoms. The van der Waals surface area contributed by atoms with E-state index >= 15 is 0 Å². The number of carbonyl (C=O) groups excluding carboxylic acids is 1. The second-order valence-corrected chi connectivity index (χ2v) is 6.11. The third-order valence-electron chi connectivity index (χ3n) is 2.45. The average molecular weight is 282 g/mol. The highest BCUT2D eigenvalue weighted by Crippen LogP contribution is 2.21. The quantitative estimate of drug-likeness (QED) is 0.582. The molecule has 0 unspecified atom stereocenters. The topological polar surface area (TPSA) is 75.3 Å². The summed E-state index contributed by atoms with van der Waals surface area (Å²) in [6.07, 6.45) is 1.64. The van der Waals surface area contributed by atoms with Gasteiger partial charge in [0.1, 0.15) is 0 Å². The third kappa shape index (κ3) is 4.50. The normalized spacial score (nSPS) is 11.0. The predicted molar refractivity (Wildman–Crippen MR) is 75.9 cm³/mol. The summed E-state index contributed by atoms with van der Waals surface area (Å²) in [6, 6.07) is 6.38. The molecule has 0 fully saturated rings. The number of hydrogen-bond donors (Lipinski definition) is 2. The largest absolute Gasteiger partial charge is 0.324 e. The second-order valence-electron chi connectivity index (χ2n) is 3.87. The Morgan fingerprint density at radius 1 is 1.37 bits per heavy atom. The molecule has 0 aliphatic carbocycles. The molecule has 0 saturated heterocycles. The summed E-state index contributed by atoms with van der Waals surface area (Å²) in [5.41, 5.74) is 0.315. The number of anilines is 1. The first-order valence-electron chi connectivity index (χ1n) is 5.94. The van der Waals surface area contributed by atoms with Gasteiger partial charge in [-0.25, -0.2) is 8.42 Å². The minimum Gasteiger partial charge on any atom is -0.324 e. The molecule has 1 aromatic carbocycles. The number of carbonyl (C=O) groups is 1. The van der Waals surface area contributed by atoms with Crippen LogP contribution in [0.15, 0.2) is 41.8 Å². The number of nitrogens with one attached hydrogen (secondary N) is 2. The molecule has 1 rings (SSSR count). The Morgan fingerprint density at radius 2 is 2.05 bits per heavy atom. The zero-order valence-electron chi connectivity index (χ0n) is 10.8. The highest BCUT2D eigenvalue weighted by atomic mass is 32.2. The lowest BCUT2D eigenvalue weighted by atomic mass is 10.3. The highest BCUT2D eigenvalue weighted by Gasteiger charge is 2.17. The summed E-state index contributed by atoms with van der Waals surface area (Å²) in [7, 11) is -3.35. The standard InChI is InChI=1S/C13H18N2O3S/c1-3-9-14-10-13(16)15-11-7-5-6-8-12(11)19(17,18)4-2/h3,5-8,14H,1,4,9-10H2,2H3,(H,15,16). The SMILES string of the molecule is C=CCNCC(=O)Nc1ccccc1S(=O)(=O)CC. The molecule has 6 heteroatoms. The number of benzene rings is 1. The van der Waals surface area contributed by atoms with Gasteiger partial charge in [-0.2, -0.15) is 0 Å². The molecule has 104 valence electrons. The van der Waals surface area contributed by atoms with Gasteiger partial charge >= 0.3 is 0 Å². The van der Waals surface area contributed by atoms with Crippen LogP contribution in [0.5, 0.6) is 0 Å². The third-order valence-corrected chi connectivity index (χ3v) is 4.24. The smallest absolute Gasteiger partial charge is 0.238 e. The van der Waals surface area contributed by atoms with E-state index in [-0.39, 0.29) is 23.1 Å². The molecule has 1 amide bonds. The predicted octanol–water partition coefficient (Wildman–Crippen LogP) is 1.19. The lowest BCUT2D eigenvalue weighted by Crippen LogP contribution is -2.28. The fourth-order valence-corrected chi connectivity index (χ4v) is 2.53. The van der Waals surface area contributed by atoms with Crippen LogP contribution in [0.2, 0.25) is 0 Å². The number of sulfone groups is 1. The Balaban J connectivity index is 2.84. The zero-order valence-corrected chi connectivity index (χ0v) is 11.7. The van der Waals surface area contributed by atoms with Crippen LogP contribution >= 0.6 is 0 Å². The number of rotatable bonds is 7. The Hall–Kier alpha value is -1.66. The Morgan fingerprint density at radius 3 is 2.68 bits per heavy atom. The maximum atomic E-state index is 11.9. The van der Waals surface area contributed by atoms with Gasteiger partial charge in [0.25, 0.3) is 0 Å². The summed E-state index contributed by atoms with van der Waals surface area (Å²) >= 11 is 0. The van der Waals surface area contributed by atoms with Gasteiger partial charge in [-0.3, -0.25) is 4.79 Å². The van der Waals surface area contributed by atoms with E-state index in [4.69, 9.17) is 0 Å². The summed E-state index contributed by atoms with van der Waals surface area (Å²) < 4.78 is 23.8. The van der Waals surface area contributed by atoms with Gasteiger partial charge in [0.15, 0.2) is 9.84 Å². The molecule has 1 aromatic rings. The first kappa shape index (κ1) is 15.4. The van der Waals surface area contributed by atoms with Crippen molar-refractivity contribution in [3.8, 4) is 0 Å². The number of para-hydroxylation sites is 1. The van der Waals surface area contributed by atoms with Crippen molar-refractivity contribution in [1.29, 1.82) is 0 Å². The lowest BCUT2D eigenvalue weighted by molar-refractivity contribution is -0.115. The van der Waals surface area contributed by atoms with Gasteiger partial charge in [-0.1, -0.05) is 25.1 Å². The van der Waals surface area contributed by atoms with Gasteiger partial charge < -0.3 is 10.6 Å². The molecule has 0 radical (unpaired) electrons. The van der Waals surface area contributed by atoms with Crippen LogP contribution in [0.3, 0.4) is 0 Å². The number of amides is 1. The first-order chi connectivity index (χ1) is 9.01. The Bertz CT molecular complexity index is 553. The van der Waals surface area contributed by atoms with Crippen molar-refractivity contribution in [2.45, 2.75) is 11.8 Å². The van der Waals surface area contributed by atoms with Crippen molar-refractivity contribution < 1.29 is 13.2 Å². The summed E-state index contributed by atoms with van der Waals surface area (Å²) in [5.74, 6) is -0.296. The van der Waals surface area contributed by atoms with Crippen molar-refractivity contribution in [2.24, 2.45) is 0 Å². The minimum atomic E-state index is -3.35. The molecule has 0 aliphatic rings. The summed E-state index contributed by atoms with van der Waals surface area (Å²) in [4.78, 5) is 11.8. The van der Waals surface area contributed by atoms with E-state index in [9.17, 15) is 13.2 Å². The van der Waals surface area contributed by atoms with Gasteiger partial charge in [0.05, 0.1) is 22.9 Å². The zero-order chi connectivity index (χ0) is 14.3. The molecule has 2 N–H and O–H groups in total. The maximum absolute atomic E-state index is 11.9. The van der Waals surface area contributed by atoms with Crippen molar-refractivity contribution in [2.75, 3.05) is 24.2 Å². The lowest BCUT2D eigenvalue weighted by Gasteiger charge is -2.10. The Labute approximate surface area is 113 Å². The maximum Gasteiger partial charge on any atom is 0.238 e. The van der Waals surface area contributed by atoms with E-state index in [1.165, 1.54) is 6.07 Å². The fraction of sp³-hybridized carbons (Fsp3) is 0.308. The molecule has 0 aliphatic heterocycles. The van der Waals surface area contributed by atoms with Crippen LogP contribution < -0.4 is 10.6 Å². The molecule has 0 atom stereocenters. The molecule has 0 saturated carbocycles. The van der Waals surface area contributed by atoms with E-state index in [1.807, 2.05) is 0 Å². The van der Waals surface area contributed by atoms with E-state index < -0.39 is 9.84 Å². The minimum absolute atomic E-state index is 0.00536. The molecule has 19 heavy (non-hydrogen) atoms. The van der Waals surface area contributed by atoms with Crippen LogP contribution in [-0.2, 0) is 14.6 Å². The van der Waals surface area contributed by atoms with Crippen molar-refractivity contribution in [1.82, 2.24) is 5.32 Å². The second kappa shape index (κ2) is 7.06. The van der Waals surface area contributed by atoms with Crippen LogP contribution in [0, 0.1) is 0 Å². The van der Waals surface area contributed by atoms with Gasteiger partial charge in [0.2, 0.25) is 5.91 Å². The highest BCUT2D eigenvalue weighted by molar-refractivity contribution is 7.91. The number of hydrogen-bond acceptors (Lipinski definition) is 4. The van der Waals surface area contributed by atoms with Crippen LogP contribution in [0.4, 0.5) is 5.69 Å². The average Bonchev–Trinajstić information content (AvgIpc) is 2.39. The molecule has 0 aromatic heterocycles.